The van der Waals surface area contributed by atoms with Crippen LogP contribution in [-0.4, -0.2) is 27.9 Å². The van der Waals surface area contributed by atoms with E-state index in [0.717, 1.165) is 5.39 Å². The molecule has 1 aliphatic rings. The molecule has 23 heavy (non-hydrogen) atoms. The zero-order valence-corrected chi connectivity index (χ0v) is 13.7. The van der Waals surface area contributed by atoms with Gasteiger partial charge in [-0.3, -0.25) is 9.59 Å². The molecule has 2 unspecified atom stereocenters. The molecule has 1 amide bonds. The fourth-order valence-electron chi connectivity index (χ4n) is 2.19. The highest BCUT2D eigenvalue weighted by Gasteiger charge is 2.46. The van der Waals surface area contributed by atoms with Gasteiger partial charge in [0.2, 0.25) is 5.91 Å². The molecule has 2 aromatic rings. The minimum Gasteiger partial charge on any atom is -0.461 e. The number of carbonyl (C=O) groups is 2. The highest BCUT2D eigenvalue weighted by atomic mass is 35.5. The number of anilines is 1. The van der Waals surface area contributed by atoms with E-state index in [2.05, 4.69) is 15.3 Å². The molecule has 1 saturated carbocycles. The van der Waals surface area contributed by atoms with Gasteiger partial charge >= 0.3 is 5.97 Å². The van der Waals surface area contributed by atoms with Gasteiger partial charge in [0, 0.05) is 24.4 Å². The second-order valence-electron chi connectivity index (χ2n) is 5.24. The number of fused-ring (bicyclic) bond motifs is 1. The second-order valence-corrected chi connectivity index (χ2v) is 5.99. The predicted octanol–water partition coefficient (Wildman–Crippen LogP) is 3.22. The summed E-state index contributed by atoms with van der Waals surface area (Å²) in [6, 6.07) is 3.31. The maximum Gasteiger partial charge on any atom is 0.305 e. The molecule has 0 radical (unpaired) electrons. The lowest BCUT2D eigenvalue weighted by atomic mass is 10.2. The zero-order valence-electron chi connectivity index (χ0n) is 12.2. The summed E-state index contributed by atoms with van der Waals surface area (Å²) in [5.41, 5.74) is 0. The molecule has 1 aliphatic carbocycles. The van der Waals surface area contributed by atoms with Crippen LogP contribution in [-0.2, 0) is 14.3 Å². The monoisotopic (exact) mass is 353 g/mol. The summed E-state index contributed by atoms with van der Waals surface area (Å²) in [4.78, 5) is 31.4. The average molecular weight is 354 g/mol. The first-order valence-electron chi connectivity index (χ1n) is 7.10. The highest BCUT2D eigenvalue weighted by molar-refractivity contribution is 6.36. The lowest BCUT2D eigenvalue weighted by Crippen LogP contribution is -2.18. The lowest BCUT2D eigenvalue weighted by Gasteiger charge is -2.07. The number of ether oxygens (including phenoxy) is 1. The van der Waals surface area contributed by atoms with Crippen LogP contribution in [0.25, 0.3) is 10.8 Å². The van der Waals surface area contributed by atoms with Gasteiger partial charge in [-0.25, -0.2) is 9.97 Å². The Labute approximate surface area is 142 Å². The third kappa shape index (κ3) is 3.54. The third-order valence-corrected chi connectivity index (χ3v) is 4.01. The Balaban J connectivity index is 1.70. The number of aromatic nitrogens is 2. The van der Waals surface area contributed by atoms with Crippen molar-refractivity contribution in [3.63, 3.8) is 0 Å². The Hall–Kier alpha value is -1.92. The van der Waals surface area contributed by atoms with Gasteiger partial charge in [-0.05, 0) is 17.5 Å². The first-order chi connectivity index (χ1) is 11.0. The number of esters is 1. The van der Waals surface area contributed by atoms with E-state index < -0.39 is 0 Å². The van der Waals surface area contributed by atoms with E-state index in [1.165, 1.54) is 6.20 Å². The number of nitrogens with one attached hydrogen (secondary N) is 1. The van der Waals surface area contributed by atoms with Crippen LogP contribution in [0.3, 0.4) is 0 Å². The number of nitrogens with zero attached hydrogens (tertiary/aromatic N) is 2. The Kier molecular flexibility index (Phi) is 4.37. The third-order valence-electron chi connectivity index (χ3n) is 3.53. The topological polar surface area (TPSA) is 81.2 Å². The van der Waals surface area contributed by atoms with Gasteiger partial charge in [-0.2, -0.15) is 0 Å². The van der Waals surface area contributed by atoms with Crippen LogP contribution in [0.1, 0.15) is 19.8 Å². The number of rotatable bonds is 4. The van der Waals surface area contributed by atoms with Crippen molar-refractivity contribution in [2.75, 3.05) is 5.32 Å². The second kappa shape index (κ2) is 6.29. The largest absolute Gasteiger partial charge is 0.461 e. The van der Waals surface area contributed by atoms with E-state index in [1.807, 2.05) is 0 Å². The Morgan fingerprint density at radius 3 is 2.91 bits per heavy atom. The molecular weight excluding hydrogens is 341 g/mol. The van der Waals surface area contributed by atoms with Gasteiger partial charge in [-0.1, -0.05) is 30.1 Å². The molecule has 2 atom stereocenters. The standard InChI is InChI=1S/C15H13Cl2N3O3/c1-2-13(21)23-10-5-8(10)15(22)20-12-4-7-3-11(16)19-14(17)9(7)6-18-12/h3-4,6,8,10H,2,5H2,1H3,(H,18,20,22). The molecule has 0 aliphatic heterocycles. The Bertz CT molecular complexity index is 797. The first kappa shape index (κ1) is 16.0. The van der Waals surface area contributed by atoms with Gasteiger partial charge in [0.1, 0.15) is 22.2 Å². The smallest absolute Gasteiger partial charge is 0.305 e. The lowest BCUT2D eigenvalue weighted by molar-refractivity contribution is -0.145. The van der Waals surface area contributed by atoms with Crippen LogP contribution in [0.2, 0.25) is 10.3 Å². The number of hydrogen-bond acceptors (Lipinski definition) is 5. The van der Waals surface area contributed by atoms with Crippen LogP contribution in [0.15, 0.2) is 18.3 Å². The van der Waals surface area contributed by atoms with Crippen LogP contribution in [0, 0.1) is 5.92 Å². The van der Waals surface area contributed by atoms with Crippen molar-refractivity contribution in [3.05, 3.63) is 28.6 Å². The van der Waals surface area contributed by atoms with Crippen molar-refractivity contribution < 1.29 is 14.3 Å². The zero-order chi connectivity index (χ0) is 16.6. The molecule has 1 N–H and O–H groups in total. The SMILES string of the molecule is CCC(=O)OC1CC1C(=O)Nc1cc2cc(Cl)nc(Cl)c2cn1. The molecule has 0 spiro atoms. The molecular formula is C15H13Cl2N3O3. The highest BCUT2D eigenvalue weighted by Crippen LogP contribution is 2.35. The van der Waals surface area contributed by atoms with Crippen molar-refractivity contribution >= 4 is 51.7 Å². The number of pyridine rings is 2. The maximum absolute atomic E-state index is 12.1. The summed E-state index contributed by atoms with van der Waals surface area (Å²) in [6.45, 7) is 1.71. The van der Waals surface area contributed by atoms with Crippen LogP contribution < -0.4 is 5.32 Å². The predicted molar refractivity (Wildman–Crippen MR) is 86.5 cm³/mol. The number of carbonyl (C=O) groups excluding carboxylic acids is 2. The van der Waals surface area contributed by atoms with Gasteiger partial charge in [-0.15, -0.1) is 0 Å². The van der Waals surface area contributed by atoms with Gasteiger partial charge < -0.3 is 10.1 Å². The average Bonchev–Trinajstić information content (AvgIpc) is 3.25. The minimum absolute atomic E-state index is 0.225. The summed E-state index contributed by atoms with van der Waals surface area (Å²) in [5.74, 6) is -0.469. The Morgan fingerprint density at radius 1 is 1.39 bits per heavy atom. The molecule has 2 aromatic heterocycles. The van der Waals surface area contributed by atoms with E-state index in [-0.39, 0.29) is 34.2 Å². The molecule has 6 nitrogen and oxygen atoms in total. The summed E-state index contributed by atoms with van der Waals surface area (Å²) in [5, 5.41) is 4.60. The fraction of sp³-hybridized carbons (Fsp3) is 0.333. The van der Waals surface area contributed by atoms with Crippen molar-refractivity contribution in [2.45, 2.75) is 25.9 Å². The fourth-order valence-corrected chi connectivity index (χ4v) is 2.69. The van der Waals surface area contributed by atoms with Gasteiger partial charge in [0.25, 0.3) is 0 Å². The summed E-state index contributed by atoms with van der Waals surface area (Å²) >= 11 is 11.9. The molecule has 120 valence electrons. The van der Waals surface area contributed by atoms with Crippen molar-refractivity contribution in [1.82, 2.24) is 9.97 Å². The van der Waals surface area contributed by atoms with E-state index in [4.69, 9.17) is 27.9 Å². The minimum atomic E-state index is -0.337. The summed E-state index contributed by atoms with van der Waals surface area (Å²) < 4.78 is 5.12. The number of halogens is 2. The van der Waals surface area contributed by atoms with Crippen LogP contribution in [0.5, 0.6) is 0 Å². The Morgan fingerprint density at radius 2 is 2.17 bits per heavy atom. The number of amides is 1. The van der Waals surface area contributed by atoms with Crippen LogP contribution >= 0.6 is 23.2 Å². The summed E-state index contributed by atoms with van der Waals surface area (Å²) in [6.07, 6.45) is 2.02. The van der Waals surface area contributed by atoms with Crippen molar-refractivity contribution in [3.8, 4) is 0 Å². The molecule has 0 saturated heterocycles. The summed E-state index contributed by atoms with van der Waals surface area (Å²) in [7, 11) is 0. The molecule has 2 heterocycles. The van der Waals surface area contributed by atoms with E-state index >= 15 is 0 Å². The first-order valence-corrected chi connectivity index (χ1v) is 7.85. The molecule has 1 fully saturated rings. The maximum atomic E-state index is 12.1. The molecule has 0 bridgehead atoms. The number of hydrogen-bond donors (Lipinski definition) is 1. The molecule has 0 aromatic carbocycles. The quantitative estimate of drug-likeness (QED) is 0.674. The van der Waals surface area contributed by atoms with Crippen LogP contribution in [0.4, 0.5) is 5.82 Å². The van der Waals surface area contributed by atoms with Crippen molar-refractivity contribution in [2.24, 2.45) is 5.92 Å². The van der Waals surface area contributed by atoms with E-state index in [9.17, 15) is 9.59 Å². The van der Waals surface area contributed by atoms with E-state index in [0.29, 0.717) is 24.0 Å². The van der Waals surface area contributed by atoms with E-state index in [1.54, 1.807) is 19.1 Å². The normalized spacial score (nSPS) is 19.4. The van der Waals surface area contributed by atoms with Gasteiger partial charge in [0.15, 0.2) is 0 Å². The molecule has 3 rings (SSSR count). The van der Waals surface area contributed by atoms with Crippen molar-refractivity contribution in [1.29, 1.82) is 0 Å². The van der Waals surface area contributed by atoms with Gasteiger partial charge in [0.05, 0.1) is 5.92 Å². The molecule has 8 heteroatoms.